The van der Waals surface area contributed by atoms with Gasteiger partial charge in [-0.2, -0.15) is 0 Å². The van der Waals surface area contributed by atoms with Crippen LogP contribution >= 0.6 is 0 Å². The molecule has 1 aromatic carbocycles. The Kier molecular flexibility index (Phi) is 4.23. The van der Waals surface area contributed by atoms with Gasteiger partial charge >= 0.3 is 5.97 Å². The first-order valence-corrected chi connectivity index (χ1v) is 6.06. The molecule has 1 aliphatic rings. The molecule has 0 aromatic heterocycles. The van der Waals surface area contributed by atoms with Gasteiger partial charge < -0.3 is 14.2 Å². The van der Waals surface area contributed by atoms with Crippen LogP contribution in [0.2, 0.25) is 0 Å². The lowest BCUT2D eigenvalue weighted by Gasteiger charge is -2.13. The maximum Gasteiger partial charge on any atom is 0.304 e. The topological polar surface area (TPSA) is 44.8 Å². The van der Waals surface area contributed by atoms with Crippen molar-refractivity contribution in [1.82, 2.24) is 0 Å². The van der Waals surface area contributed by atoms with E-state index in [-0.39, 0.29) is 12.1 Å². The van der Waals surface area contributed by atoms with E-state index in [1.54, 1.807) is 0 Å². The third-order valence-corrected chi connectivity index (χ3v) is 2.67. The van der Waals surface area contributed by atoms with Gasteiger partial charge in [-0.05, 0) is 12.0 Å². The van der Waals surface area contributed by atoms with Crippen molar-refractivity contribution in [2.24, 2.45) is 0 Å². The van der Waals surface area contributed by atoms with Crippen molar-refractivity contribution >= 4 is 5.97 Å². The van der Waals surface area contributed by atoms with Crippen molar-refractivity contribution in [3.8, 4) is 0 Å². The van der Waals surface area contributed by atoms with Crippen molar-refractivity contribution in [3.05, 3.63) is 35.9 Å². The van der Waals surface area contributed by atoms with Gasteiger partial charge in [0.25, 0.3) is 0 Å². The molecule has 0 N–H and O–H groups in total. The maximum absolute atomic E-state index is 10.8. The van der Waals surface area contributed by atoms with Crippen LogP contribution in [-0.2, 0) is 25.6 Å². The highest BCUT2D eigenvalue weighted by molar-refractivity contribution is 5.66. The Morgan fingerprint density at radius 3 is 2.94 bits per heavy atom. The molecule has 1 heterocycles. The average molecular weight is 251 g/mol. The highest BCUT2D eigenvalue weighted by Crippen LogP contribution is 2.21. The Bertz CT molecular complexity index is 409. The number of rotatable bonds is 5. The summed E-state index contributed by atoms with van der Waals surface area (Å²) >= 11 is 0. The van der Waals surface area contributed by atoms with Gasteiger partial charge in [0.15, 0.2) is 0 Å². The number of esters is 1. The van der Waals surface area contributed by atoms with Crippen LogP contribution in [0, 0.1) is 0 Å². The van der Waals surface area contributed by atoms with E-state index in [0.717, 1.165) is 12.0 Å². The summed E-state index contributed by atoms with van der Waals surface area (Å²) in [7, 11) is 0. The number of hydrogen-bond donors (Lipinski definition) is 0. The Morgan fingerprint density at radius 1 is 1.44 bits per heavy atom. The summed E-state index contributed by atoms with van der Waals surface area (Å²) < 4.78 is 23.8. The van der Waals surface area contributed by atoms with Crippen LogP contribution < -0.4 is 0 Å². The fourth-order valence-corrected chi connectivity index (χ4v) is 1.85. The minimum atomic E-state index is -0.711. The zero-order valence-corrected chi connectivity index (χ0v) is 10.4. The average Bonchev–Trinajstić information content (AvgIpc) is 2.84. The van der Waals surface area contributed by atoms with Gasteiger partial charge in [0.1, 0.15) is 0 Å². The van der Waals surface area contributed by atoms with Gasteiger partial charge in [-0.1, -0.05) is 30.3 Å². The fourth-order valence-electron chi connectivity index (χ4n) is 1.85. The molecule has 18 heavy (non-hydrogen) atoms. The van der Waals surface area contributed by atoms with E-state index in [2.05, 4.69) is 0 Å². The molecule has 0 bridgehead atoms. The maximum atomic E-state index is 10.8. The summed E-state index contributed by atoms with van der Waals surface area (Å²) in [6, 6.07) is 9.37. The normalized spacial score (nSPS) is 25.5. The molecule has 1 aromatic rings. The highest BCUT2D eigenvalue weighted by Gasteiger charge is 2.27. The van der Waals surface area contributed by atoms with Gasteiger partial charge in [-0.25, -0.2) is 0 Å². The molecule has 0 aliphatic carbocycles. The minimum Gasteiger partial charge on any atom is -0.436 e. The van der Waals surface area contributed by atoms with Crippen molar-refractivity contribution in [2.75, 3.05) is 6.61 Å². The highest BCUT2D eigenvalue weighted by atomic mass is 16.7. The van der Waals surface area contributed by atoms with Crippen molar-refractivity contribution in [2.45, 2.75) is 38.7 Å². The van der Waals surface area contributed by atoms with E-state index >= 15 is 0 Å². The molecule has 4 heteroatoms. The Balaban J connectivity index is 1.73. The first-order chi connectivity index (χ1) is 9.15. The number of ether oxygens (including phenoxy) is 3. The molecule has 3 unspecified atom stereocenters. The summed E-state index contributed by atoms with van der Waals surface area (Å²) in [4.78, 5) is 10.8. The third-order valence-electron chi connectivity index (χ3n) is 2.67. The first kappa shape index (κ1) is 11.7. The summed E-state index contributed by atoms with van der Waals surface area (Å²) in [6.07, 6.45) is 0.883. The number of carbonyl (C=O) groups is 1. The van der Waals surface area contributed by atoms with E-state index in [9.17, 15) is 4.79 Å². The molecular weight excluding hydrogens is 232 g/mol. The second-order valence-electron chi connectivity index (χ2n) is 4.24. The summed E-state index contributed by atoms with van der Waals surface area (Å²) in [5, 5.41) is 0. The number of carbonyl (C=O) groups excluding carboxylic acids is 1. The lowest BCUT2D eigenvalue weighted by Crippen LogP contribution is -2.20. The first-order valence-electron chi connectivity index (χ1n) is 6.64. The largest absolute Gasteiger partial charge is 0.436 e. The zero-order valence-electron chi connectivity index (χ0n) is 11.4. The molecule has 98 valence electrons. The summed E-state index contributed by atoms with van der Waals surface area (Å²) in [6.45, 7) is 0.987. The number of benzene rings is 1. The van der Waals surface area contributed by atoms with Crippen LogP contribution in [0.25, 0.3) is 0 Å². The second kappa shape index (κ2) is 6.52. The molecule has 0 radical (unpaired) electrons. The Morgan fingerprint density at radius 2 is 2.22 bits per heavy atom. The van der Waals surface area contributed by atoms with E-state index in [1.807, 2.05) is 30.3 Å². The monoisotopic (exact) mass is 251 g/mol. The molecule has 3 atom stereocenters. The molecule has 0 spiro atoms. The third kappa shape index (κ3) is 4.13. The molecule has 0 saturated carbocycles. The SMILES string of the molecule is [2H]C(OCC1CCC(OC(C)=O)O1)c1ccccc1. The Hall–Kier alpha value is -1.39. The van der Waals surface area contributed by atoms with Crippen LogP contribution in [-0.4, -0.2) is 25.0 Å². The van der Waals surface area contributed by atoms with Crippen LogP contribution in [0.1, 0.15) is 26.7 Å². The van der Waals surface area contributed by atoms with Gasteiger partial charge in [-0.3, -0.25) is 4.79 Å². The molecular formula is C14H18O4. The fraction of sp³-hybridized carbons (Fsp3) is 0.500. The van der Waals surface area contributed by atoms with Crippen molar-refractivity contribution in [1.29, 1.82) is 0 Å². The minimum absolute atomic E-state index is 0.110. The quantitative estimate of drug-likeness (QED) is 0.753. The Labute approximate surface area is 108 Å². The standard InChI is InChI=1S/C14H18O4/c1-11(15)17-14-8-7-13(18-14)10-16-9-12-5-3-2-4-6-12/h2-6,13-14H,7-10H2,1H3/i9D. The predicted molar refractivity (Wildman–Crippen MR) is 65.8 cm³/mol. The number of hydrogen-bond acceptors (Lipinski definition) is 4. The summed E-state index contributed by atoms with van der Waals surface area (Å²) in [5.41, 5.74) is 0.817. The van der Waals surface area contributed by atoms with Crippen molar-refractivity contribution in [3.63, 3.8) is 0 Å². The van der Waals surface area contributed by atoms with Crippen LogP contribution in [0.3, 0.4) is 0 Å². The van der Waals surface area contributed by atoms with Gasteiger partial charge in [-0.15, -0.1) is 0 Å². The van der Waals surface area contributed by atoms with Crippen LogP contribution in [0.15, 0.2) is 30.3 Å². The molecule has 0 amide bonds. The molecule has 1 saturated heterocycles. The van der Waals surface area contributed by atoms with Gasteiger partial charge in [0.2, 0.25) is 6.29 Å². The van der Waals surface area contributed by atoms with E-state index in [1.165, 1.54) is 6.92 Å². The van der Waals surface area contributed by atoms with Crippen LogP contribution in [0.4, 0.5) is 0 Å². The lowest BCUT2D eigenvalue weighted by molar-refractivity contribution is -0.175. The van der Waals surface area contributed by atoms with Crippen molar-refractivity contribution < 1.29 is 20.4 Å². The zero-order chi connectivity index (χ0) is 13.7. The van der Waals surface area contributed by atoms with Gasteiger partial charge in [0.05, 0.1) is 20.7 Å². The van der Waals surface area contributed by atoms with Crippen LogP contribution in [0.5, 0.6) is 0 Å². The summed E-state index contributed by atoms with van der Waals surface area (Å²) in [5.74, 6) is -0.339. The molecule has 4 nitrogen and oxygen atoms in total. The second-order valence-corrected chi connectivity index (χ2v) is 4.24. The molecule has 1 aliphatic heterocycles. The molecule has 2 rings (SSSR count). The predicted octanol–water partition coefficient (Wildman–Crippen LogP) is 2.27. The van der Waals surface area contributed by atoms with E-state index in [0.29, 0.717) is 13.0 Å². The van der Waals surface area contributed by atoms with E-state index < -0.39 is 12.9 Å². The van der Waals surface area contributed by atoms with E-state index in [4.69, 9.17) is 15.6 Å². The molecule has 1 fully saturated rings. The van der Waals surface area contributed by atoms with Gasteiger partial charge in [0, 0.05) is 13.3 Å². The smallest absolute Gasteiger partial charge is 0.304 e. The lowest BCUT2D eigenvalue weighted by atomic mass is 10.2.